The van der Waals surface area contributed by atoms with Crippen LogP contribution in [-0.2, 0) is 17.9 Å². The number of nitrogens with zero attached hydrogens (tertiary/aromatic N) is 4. The van der Waals surface area contributed by atoms with Crippen molar-refractivity contribution in [1.82, 2.24) is 20.0 Å². The van der Waals surface area contributed by atoms with E-state index < -0.39 is 5.97 Å². The maximum absolute atomic E-state index is 10.6. The van der Waals surface area contributed by atoms with Crippen LogP contribution < -0.4 is 0 Å². The molecule has 2 aromatic rings. The van der Waals surface area contributed by atoms with E-state index in [0.29, 0.717) is 19.8 Å². The third kappa shape index (κ3) is 3.36. The summed E-state index contributed by atoms with van der Waals surface area (Å²) in [6.45, 7) is 1.29. The molecule has 0 amide bonds. The highest BCUT2D eigenvalue weighted by molar-refractivity contribution is 5.84. The van der Waals surface area contributed by atoms with Crippen LogP contribution in [0, 0.1) is 0 Å². The molecule has 0 saturated carbocycles. The molecule has 0 bridgehead atoms. The van der Waals surface area contributed by atoms with Crippen molar-refractivity contribution in [2.75, 3.05) is 6.61 Å². The minimum atomic E-state index is -1.09. The van der Waals surface area contributed by atoms with Crippen LogP contribution in [0.3, 0.4) is 0 Å². The van der Waals surface area contributed by atoms with E-state index in [-0.39, 0.29) is 5.69 Å². The molecule has 0 atom stereocenters. The molecule has 1 N–H and O–H groups in total. The van der Waals surface area contributed by atoms with Crippen molar-refractivity contribution in [2.45, 2.75) is 13.2 Å². The van der Waals surface area contributed by atoms with Gasteiger partial charge in [0.25, 0.3) is 0 Å². The van der Waals surface area contributed by atoms with Gasteiger partial charge in [0.15, 0.2) is 5.69 Å². The zero-order valence-corrected chi connectivity index (χ0v) is 9.56. The normalized spacial score (nSPS) is 10.4. The van der Waals surface area contributed by atoms with Gasteiger partial charge in [0.05, 0.1) is 31.6 Å². The molecule has 2 rings (SSSR count). The SMILES string of the molecule is O=C(O)c1cn(CCOCc2ccccn2)nn1. The molecule has 2 aromatic heterocycles. The lowest BCUT2D eigenvalue weighted by atomic mass is 10.4. The second-order valence-electron chi connectivity index (χ2n) is 3.55. The number of hydrogen-bond acceptors (Lipinski definition) is 5. The van der Waals surface area contributed by atoms with Crippen LogP contribution in [-0.4, -0.2) is 37.7 Å². The molecule has 0 aliphatic heterocycles. The number of carboxylic acids is 1. The van der Waals surface area contributed by atoms with Gasteiger partial charge in [-0.3, -0.25) is 4.98 Å². The lowest BCUT2D eigenvalue weighted by Crippen LogP contribution is -2.07. The molecule has 0 aromatic carbocycles. The Bertz CT molecular complexity index is 512. The monoisotopic (exact) mass is 248 g/mol. The van der Waals surface area contributed by atoms with Crippen molar-refractivity contribution < 1.29 is 14.6 Å². The summed E-state index contributed by atoms with van der Waals surface area (Å²) in [7, 11) is 0. The van der Waals surface area contributed by atoms with Crippen molar-refractivity contribution in [2.24, 2.45) is 0 Å². The number of rotatable bonds is 6. The zero-order valence-electron chi connectivity index (χ0n) is 9.56. The van der Waals surface area contributed by atoms with E-state index in [4.69, 9.17) is 9.84 Å². The van der Waals surface area contributed by atoms with Crippen LogP contribution in [0.15, 0.2) is 30.6 Å². The highest BCUT2D eigenvalue weighted by Crippen LogP contribution is 1.97. The van der Waals surface area contributed by atoms with Gasteiger partial charge in [0, 0.05) is 6.20 Å². The fraction of sp³-hybridized carbons (Fsp3) is 0.273. The number of ether oxygens (including phenoxy) is 1. The van der Waals surface area contributed by atoms with E-state index >= 15 is 0 Å². The van der Waals surface area contributed by atoms with Gasteiger partial charge in [-0.25, -0.2) is 9.48 Å². The first-order valence-corrected chi connectivity index (χ1v) is 5.37. The Kier molecular flexibility index (Phi) is 3.98. The lowest BCUT2D eigenvalue weighted by molar-refractivity contribution is 0.0690. The summed E-state index contributed by atoms with van der Waals surface area (Å²) in [4.78, 5) is 14.7. The molecule has 7 nitrogen and oxygen atoms in total. The van der Waals surface area contributed by atoms with E-state index in [0.717, 1.165) is 5.69 Å². The largest absolute Gasteiger partial charge is 0.476 e. The smallest absolute Gasteiger partial charge is 0.358 e. The minimum absolute atomic E-state index is 0.0697. The predicted molar refractivity (Wildman–Crippen MR) is 60.9 cm³/mol. The number of carbonyl (C=O) groups is 1. The van der Waals surface area contributed by atoms with Crippen molar-refractivity contribution in [1.29, 1.82) is 0 Å². The van der Waals surface area contributed by atoms with Crippen LogP contribution >= 0.6 is 0 Å². The Labute approximate surface area is 103 Å². The Morgan fingerprint density at radius 3 is 3.00 bits per heavy atom. The summed E-state index contributed by atoms with van der Waals surface area (Å²) in [5.41, 5.74) is 0.780. The third-order valence-electron chi connectivity index (χ3n) is 2.20. The van der Waals surface area contributed by atoms with E-state index in [1.807, 2.05) is 18.2 Å². The lowest BCUT2D eigenvalue weighted by Gasteiger charge is -2.03. The van der Waals surface area contributed by atoms with Crippen LogP contribution in [0.5, 0.6) is 0 Å². The van der Waals surface area contributed by atoms with Gasteiger partial charge in [0.1, 0.15) is 0 Å². The molecule has 0 aliphatic carbocycles. The van der Waals surface area contributed by atoms with Crippen molar-refractivity contribution >= 4 is 5.97 Å². The van der Waals surface area contributed by atoms with E-state index in [2.05, 4.69) is 15.3 Å². The fourth-order valence-corrected chi connectivity index (χ4v) is 1.32. The molecular formula is C11H12N4O3. The topological polar surface area (TPSA) is 90.1 Å². The van der Waals surface area contributed by atoms with Gasteiger partial charge in [-0.05, 0) is 12.1 Å². The maximum Gasteiger partial charge on any atom is 0.358 e. The fourth-order valence-electron chi connectivity index (χ4n) is 1.32. The van der Waals surface area contributed by atoms with Crippen molar-refractivity contribution in [3.05, 3.63) is 42.0 Å². The average molecular weight is 248 g/mol. The molecule has 94 valence electrons. The van der Waals surface area contributed by atoms with Gasteiger partial charge in [-0.2, -0.15) is 0 Å². The van der Waals surface area contributed by atoms with Crippen LogP contribution in [0.4, 0.5) is 0 Å². The second-order valence-corrected chi connectivity index (χ2v) is 3.55. The van der Waals surface area contributed by atoms with Crippen molar-refractivity contribution in [3.63, 3.8) is 0 Å². The quantitative estimate of drug-likeness (QED) is 0.752. The van der Waals surface area contributed by atoms with Crippen LogP contribution in [0.1, 0.15) is 16.2 Å². The summed E-state index contributed by atoms with van der Waals surface area (Å²) < 4.78 is 6.83. The molecule has 18 heavy (non-hydrogen) atoms. The van der Waals surface area contributed by atoms with E-state index in [1.165, 1.54) is 10.9 Å². The number of carboxylic acid groups (broad SMARTS) is 1. The van der Waals surface area contributed by atoms with Gasteiger partial charge in [-0.15, -0.1) is 5.10 Å². The molecule has 7 heteroatoms. The predicted octanol–water partition coefficient (Wildman–Crippen LogP) is 0.588. The maximum atomic E-state index is 10.6. The molecule has 0 unspecified atom stereocenters. The third-order valence-corrected chi connectivity index (χ3v) is 2.20. The Balaban J connectivity index is 1.73. The zero-order chi connectivity index (χ0) is 12.8. The number of pyridine rings is 1. The summed E-state index contributed by atoms with van der Waals surface area (Å²) in [5, 5.41) is 15.8. The molecule has 0 spiro atoms. The van der Waals surface area contributed by atoms with Gasteiger partial charge < -0.3 is 9.84 Å². The molecule has 2 heterocycles. The Hall–Kier alpha value is -2.28. The average Bonchev–Trinajstić information content (AvgIpc) is 2.85. The minimum Gasteiger partial charge on any atom is -0.476 e. The first kappa shape index (κ1) is 12.2. The van der Waals surface area contributed by atoms with Crippen molar-refractivity contribution in [3.8, 4) is 0 Å². The van der Waals surface area contributed by atoms with Gasteiger partial charge >= 0.3 is 5.97 Å². The highest BCUT2D eigenvalue weighted by Gasteiger charge is 2.07. The van der Waals surface area contributed by atoms with Gasteiger partial charge in [-0.1, -0.05) is 11.3 Å². The molecule has 0 radical (unpaired) electrons. The molecular weight excluding hydrogens is 236 g/mol. The van der Waals surface area contributed by atoms with E-state index in [9.17, 15) is 4.79 Å². The second kappa shape index (κ2) is 5.87. The standard InChI is InChI=1S/C11H12N4O3/c16-11(17)10-7-15(14-13-10)5-6-18-8-9-3-1-2-4-12-9/h1-4,7H,5-6,8H2,(H,16,17). The van der Waals surface area contributed by atoms with Gasteiger partial charge in [0.2, 0.25) is 0 Å². The molecule has 0 saturated heterocycles. The molecule has 0 fully saturated rings. The first-order valence-electron chi connectivity index (χ1n) is 5.37. The number of hydrogen-bond donors (Lipinski definition) is 1. The number of aromatic nitrogens is 4. The number of aromatic carboxylic acids is 1. The molecule has 0 aliphatic rings. The summed E-state index contributed by atoms with van der Waals surface area (Å²) in [5.74, 6) is -1.09. The first-order chi connectivity index (χ1) is 8.75. The summed E-state index contributed by atoms with van der Waals surface area (Å²) in [6.07, 6.45) is 3.07. The Morgan fingerprint density at radius 1 is 1.44 bits per heavy atom. The highest BCUT2D eigenvalue weighted by atomic mass is 16.5. The van der Waals surface area contributed by atoms with Crippen LogP contribution in [0.25, 0.3) is 0 Å². The summed E-state index contributed by atoms with van der Waals surface area (Å²) >= 11 is 0. The van der Waals surface area contributed by atoms with Crippen LogP contribution in [0.2, 0.25) is 0 Å². The Morgan fingerprint density at radius 2 is 2.33 bits per heavy atom. The van der Waals surface area contributed by atoms with E-state index in [1.54, 1.807) is 6.20 Å². The summed E-state index contributed by atoms with van der Waals surface area (Å²) in [6, 6.07) is 5.60.